The highest BCUT2D eigenvalue weighted by Crippen LogP contribution is 2.33. The summed E-state index contributed by atoms with van der Waals surface area (Å²) < 4.78 is 53.9. The SMILES string of the molecule is CCCC1CN(c2cnnc(OC)c2)CC[C@H]1Nc1nc2n(n1)CCC[C@@H]2Oc1ccc(F)c(F)c1F. The van der Waals surface area contributed by atoms with E-state index in [1.165, 1.54) is 0 Å². The van der Waals surface area contributed by atoms with E-state index in [4.69, 9.17) is 9.47 Å². The molecule has 198 valence electrons. The molecule has 1 fully saturated rings. The van der Waals surface area contributed by atoms with Crippen molar-refractivity contribution in [1.82, 2.24) is 25.0 Å². The van der Waals surface area contributed by atoms with Gasteiger partial charge in [0, 0.05) is 31.7 Å². The zero-order valence-electron chi connectivity index (χ0n) is 20.8. The molecule has 0 spiro atoms. The van der Waals surface area contributed by atoms with Gasteiger partial charge in [-0.1, -0.05) is 13.3 Å². The number of fused-ring (bicyclic) bond motifs is 1. The number of anilines is 2. The second-order valence-corrected chi connectivity index (χ2v) is 9.43. The molecule has 0 amide bonds. The summed E-state index contributed by atoms with van der Waals surface area (Å²) >= 11 is 0. The molecule has 0 bridgehead atoms. The van der Waals surface area contributed by atoms with Gasteiger partial charge in [-0.15, -0.1) is 10.2 Å². The highest BCUT2D eigenvalue weighted by molar-refractivity contribution is 5.47. The summed E-state index contributed by atoms with van der Waals surface area (Å²) in [6.45, 7) is 4.48. The van der Waals surface area contributed by atoms with Crippen LogP contribution < -0.4 is 19.7 Å². The van der Waals surface area contributed by atoms with Gasteiger partial charge >= 0.3 is 0 Å². The van der Waals surface area contributed by atoms with Crippen LogP contribution in [-0.2, 0) is 6.54 Å². The average Bonchev–Trinajstić information content (AvgIpc) is 3.33. The minimum Gasteiger partial charge on any atom is -0.480 e. The third-order valence-electron chi connectivity index (χ3n) is 6.99. The molecule has 2 aliphatic heterocycles. The number of piperidine rings is 1. The third-order valence-corrected chi connectivity index (χ3v) is 6.99. The van der Waals surface area contributed by atoms with Gasteiger partial charge in [0.25, 0.3) is 0 Å². The molecule has 1 aromatic carbocycles. The van der Waals surface area contributed by atoms with Crippen molar-refractivity contribution in [2.75, 3.05) is 30.4 Å². The van der Waals surface area contributed by atoms with Crippen molar-refractivity contribution in [1.29, 1.82) is 0 Å². The summed E-state index contributed by atoms with van der Waals surface area (Å²) in [7, 11) is 1.57. The highest BCUT2D eigenvalue weighted by Gasteiger charge is 2.32. The predicted molar refractivity (Wildman–Crippen MR) is 130 cm³/mol. The van der Waals surface area contributed by atoms with Gasteiger partial charge in [-0.3, -0.25) is 0 Å². The van der Waals surface area contributed by atoms with E-state index in [2.05, 4.69) is 37.4 Å². The lowest BCUT2D eigenvalue weighted by Gasteiger charge is -2.39. The highest BCUT2D eigenvalue weighted by atomic mass is 19.2. The van der Waals surface area contributed by atoms with Crippen LogP contribution in [-0.4, -0.2) is 51.2 Å². The van der Waals surface area contributed by atoms with Gasteiger partial charge in [-0.05, 0) is 43.7 Å². The number of aryl methyl sites for hydroxylation is 1. The van der Waals surface area contributed by atoms with Gasteiger partial charge < -0.3 is 19.7 Å². The Morgan fingerprint density at radius 2 is 2.00 bits per heavy atom. The second-order valence-electron chi connectivity index (χ2n) is 9.43. The molecular weight excluding hydrogens is 487 g/mol. The summed E-state index contributed by atoms with van der Waals surface area (Å²) in [5, 5.41) is 16.1. The fraction of sp³-hybridized carbons (Fsp3) is 0.520. The van der Waals surface area contributed by atoms with Crippen LogP contribution >= 0.6 is 0 Å². The Balaban J connectivity index is 1.30. The number of nitrogens with one attached hydrogen (secondary N) is 1. The van der Waals surface area contributed by atoms with Gasteiger partial charge in [0.2, 0.25) is 17.6 Å². The van der Waals surface area contributed by atoms with E-state index in [1.54, 1.807) is 18.0 Å². The van der Waals surface area contributed by atoms with Crippen LogP contribution in [0, 0.1) is 23.4 Å². The first-order valence-electron chi connectivity index (χ1n) is 12.6. The van der Waals surface area contributed by atoms with E-state index >= 15 is 0 Å². The molecule has 2 aromatic heterocycles. The van der Waals surface area contributed by atoms with Crippen molar-refractivity contribution in [3.05, 3.63) is 47.7 Å². The Hall–Kier alpha value is -3.57. The zero-order chi connectivity index (χ0) is 25.9. The van der Waals surface area contributed by atoms with Crippen LogP contribution in [0.5, 0.6) is 11.6 Å². The number of benzene rings is 1. The molecule has 5 rings (SSSR count). The van der Waals surface area contributed by atoms with Crippen LogP contribution in [0.4, 0.5) is 24.8 Å². The topological polar surface area (TPSA) is 90.2 Å². The fourth-order valence-corrected chi connectivity index (χ4v) is 5.13. The van der Waals surface area contributed by atoms with Crippen molar-refractivity contribution in [2.24, 2.45) is 5.92 Å². The van der Waals surface area contributed by atoms with Crippen molar-refractivity contribution in [3.8, 4) is 11.6 Å². The molecule has 1 saturated heterocycles. The van der Waals surface area contributed by atoms with E-state index in [0.717, 1.165) is 56.6 Å². The number of methoxy groups -OCH3 is 1. The zero-order valence-corrected chi connectivity index (χ0v) is 20.8. The molecule has 0 aliphatic carbocycles. The van der Waals surface area contributed by atoms with Crippen molar-refractivity contribution < 1.29 is 22.6 Å². The summed E-state index contributed by atoms with van der Waals surface area (Å²) in [5.74, 6) is -2.63. The Morgan fingerprint density at radius 1 is 1.14 bits per heavy atom. The van der Waals surface area contributed by atoms with Crippen LogP contribution in [0.2, 0.25) is 0 Å². The van der Waals surface area contributed by atoms with Gasteiger partial charge in [0.05, 0.1) is 19.0 Å². The molecule has 4 heterocycles. The minimum absolute atomic E-state index is 0.167. The largest absolute Gasteiger partial charge is 0.480 e. The Kier molecular flexibility index (Phi) is 7.33. The van der Waals surface area contributed by atoms with E-state index in [-0.39, 0.29) is 11.8 Å². The first-order valence-corrected chi connectivity index (χ1v) is 12.6. The van der Waals surface area contributed by atoms with Crippen LogP contribution in [0.3, 0.4) is 0 Å². The number of hydrogen-bond acceptors (Lipinski definition) is 8. The molecule has 12 heteroatoms. The molecule has 1 unspecified atom stereocenters. The fourth-order valence-electron chi connectivity index (χ4n) is 5.13. The molecule has 0 radical (unpaired) electrons. The lowest BCUT2D eigenvalue weighted by Crippen LogP contribution is -2.46. The molecular formula is C25H30F3N7O2. The summed E-state index contributed by atoms with van der Waals surface area (Å²) in [6, 6.07) is 4.01. The van der Waals surface area contributed by atoms with Gasteiger partial charge in [-0.25, -0.2) is 13.5 Å². The number of halogens is 3. The van der Waals surface area contributed by atoms with Gasteiger partial charge in [-0.2, -0.15) is 14.5 Å². The quantitative estimate of drug-likeness (QED) is 0.437. The van der Waals surface area contributed by atoms with Crippen LogP contribution in [0.1, 0.15) is 51.0 Å². The summed E-state index contributed by atoms with van der Waals surface area (Å²) in [4.78, 5) is 6.96. The smallest absolute Gasteiger partial charge is 0.242 e. The molecule has 9 nitrogen and oxygen atoms in total. The first kappa shape index (κ1) is 25.1. The van der Waals surface area contributed by atoms with E-state index in [0.29, 0.717) is 36.5 Å². The molecule has 3 atom stereocenters. The summed E-state index contributed by atoms with van der Waals surface area (Å²) in [5.41, 5.74) is 0.978. The molecule has 2 aliphatic rings. The van der Waals surface area contributed by atoms with Gasteiger partial charge in [0.1, 0.15) is 0 Å². The van der Waals surface area contributed by atoms with E-state index in [9.17, 15) is 13.2 Å². The lowest BCUT2D eigenvalue weighted by molar-refractivity contribution is 0.147. The molecule has 37 heavy (non-hydrogen) atoms. The number of ether oxygens (including phenoxy) is 2. The first-order chi connectivity index (χ1) is 18.0. The lowest BCUT2D eigenvalue weighted by atomic mass is 9.88. The number of rotatable bonds is 8. The van der Waals surface area contributed by atoms with E-state index < -0.39 is 23.6 Å². The Morgan fingerprint density at radius 3 is 2.81 bits per heavy atom. The minimum atomic E-state index is -1.55. The summed E-state index contributed by atoms with van der Waals surface area (Å²) in [6.07, 6.45) is 5.39. The van der Waals surface area contributed by atoms with Crippen LogP contribution in [0.15, 0.2) is 24.4 Å². The van der Waals surface area contributed by atoms with Crippen molar-refractivity contribution in [3.63, 3.8) is 0 Å². The van der Waals surface area contributed by atoms with Crippen molar-refractivity contribution in [2.45, 2.75) is 57.7 Å². The maximum atomic E-state index is 14.2. The average molecular weight is 518 g/mol. The standard InChI is InChI=1S/C25H30F3N7O2/c1-3-5-15-14-34(16-12-21(36-2)32-29-13-16)11-9-18(15)30-25-31-24-20(6-4-10-35(24)33-25)37-19-8-7-17(26)22(27)23(19)28/h7-8,12-13,15,18,20H,3-6,9-11,14H2,1-2H3,(H,30,33)/t15?,18-,20+/m1/s1. The predicted octanol–water partition coefficient (Wildman–Crippen LogP) is 4.52. The molecule has 0 saturated carbocycles. The van der Waals surface area contributed by atoms with Crippen molar-refractivity contribution >= 4 is 11.6 Å². The number of nitrogens with zero attached hydrogens (tertiary/aromatic N) is 6. The molecule has 1 N–H and O–H groups in total. The Bertz CT molecular complexity index is 1240. The van der Waals surface area contributed by atoms with Gasteiger partial charge in [0.15, 0.2) is 29.3 Å². The maximum absolute atomic E-state index is 14.2. The normalized spacial score (nSPS) is 21.4. The monoisotopic (exact) mass is 517 g/mol. The third kappa shape index (κ3) is 5.28. The number of hydrogen-bond donors (Lipinski definition) is 1. The Labute approximate surface area is 213 Å². The second kappa shape index (κ2) is 10.8. The maximum Gasteiger partial charge on any atom is 0.242 e. The van der Waals surface area contributed by atoms with Crippen LogP contribution in [0.25, 0.3) is 0 Å². The van der Waals surface area contributed by atoms with E-state index in [1.807, 2.05) is 6.07 Å². The number of aromatic nitrogens is 5. The molecule has 3 aromatic rings.